The number of aliphatic imine (C=N–C) groups is 1. The summed E-state index contributed by atoms with van der Waals surface area (Å²) in [6.07, 6.45) is 1.18. The minimum Gasteiger partial charge on any atom is -0.495 e. The molecule has 0 bridgehead atoms. The molecule has 0 fully saturated rings. The molecular weight excluding hydrogens is 441 g/mol. The van der Waals surface area contributed by atoms with Crippen LogP contribution >= 0.6 is 35.6 Å². The topological polar surface area (TPSA) is 93.8 Å². The van der Waals surface area contributed by atoms with Crippen LogP contribution in [-0.4, -0.2) is 39.0 Å². The van der Waals surface area contributed by atoms with Crippen molar-refractivity contribution in [2.45, 2.75) is 18.6 Å². The van der Waals surface area contributed by atoms with E-state index >= 15 is 0 Å². The molecule has 0 radical (unpaired) electrons. The van der Waals surface area contributed by atoms with Gasteiger partial charge >= 0.3 is 0 Å². The number of halogens is 2. The van der Waals surface area contributed by atoms with E-state index in [1.807, 2.05) is 0 Å². The highest BCUT2D eigenvalue weighted by atomic mass is 127. The smallest absolute Gasteiger partial charge is 0.193 e. The molecule has 1 rings (SSSR count). The summed E-state index contributed by atoms with van der Waals surface area (Å²) in [5.41, 5.74) is 6.38. The van der Waals surface area contributed by atoms with E-state index < -0.39 is 14.6 Å². The van der Waals surface area contributed by atoms with Gasteiger partial charge in [-0.3, -0.25) is 4.99 Å². The highest BCUT2D eigenvalue weighted by Crippen LogP contribution is 2.27. The number of guanidine groups is 1. The van der Waals surface area contributed by atoms with E-state index in [1.165, 1.54) is 13.4 Å². The van der Waals surface area contributed by atoms with Gasteiger partial charge in [-0.2, -0.15) is 0 Å². The van der Waals surface area contributed by atoms with Crippen LogP contribution in [0, 0.1) is 0 Å². The molecule has 0 saturated carbocycles. The normalized spacial score (nSPS) is 12.5. The second-order valence-corrected chi connectivity index (χ2v) is 8.26. The first-order valence-electron chi connectivity index (χ1n) is 6.17. The Balaban J connectivity index is 0.00000441. The molecular formula is C13H21ClIN3O3S. The van der Waals surface area contributed by atoms with Crippen LogP contribution in [0.25, 0.3) is 0 Å². The van der Waals surface area contributed by atoms with Gasteiger partial charge in [0.15, 0.2) is 15.8 Å². The molecule has 1 aromatic rings. The number of benzene rings is 1. The Labute approximate surface area is 153 Å². The van der Waals surface area contributed by atoms with Crippen LogP contribution in [-0.2, 0) is 9.84 Å². The van der Waals surface area contributed by atoms with Gasteiger partial charge in [0.05, 0.1) is 23.4 Å². The zero-order valence-electron chi connectivity index (χ0n) is 12.9. The summed E-state index contributed by atoms with van der Waals surface area (Å²) in [7, 11) is -1.69. The third-order valence-electron chi connectivity index (χ3n) is 3.06. The predicted molar refractivity (Wildman–Crippen MR) is 102 cm³/mol. The molecule has 0 aliphatic heterocycles. The van der Waals surface area contributed by atoms with Gasteiger partial charge in [0.25, 0.3) is 0 Å². The predicted octanol–water partition coefficient (Wildman–Crippen LogP) is 2.52. The van der Waals surface area contributed by atoms with Crippen molar-refractivity contribution in [3.63, 3.8) is 0 Å². The molecule has 0 atom stereocenters. The quantitative estimate of drug-likeness (QED) is 0.399. The summed E-state index contributed by atoms with van der Waals surface area (Å²) in [5, 5.41) is 3.29. The minimum absolute atomic E-state index is 0. The Kier molecular flexibility index (Phi) is 7.93. The molecule has 0 unspecified atom stereocenters. The monoisotopic (exact) mass is 461 g/mol. The van der Waals surface area contributed by atoms with Gasteiger partial charge in [-0.15, -0.1) is 24.0 Å². The lowest BCUT2D eigenvalue weighted by Gasteiger charge is -2.20. The molecule has 0 saturated heterocycles. The lowest BCUT2D eigenvalue weighted by molar-refractivity contribution is 0.415. The Morgan fingerprint density at radius 3 is 2.50 bits per heavy atom. The first-order chi connectivity index (χ1) is 9.56. The molecule has 126 valence electrons. The number of anilines is 1. The SMILES string of the molecule is COc1ccc(NC(N)=NCC(C)(C)S(C)(=O)=O)cc1Cl.I. The van der Waals surface area contributed by atoms with Gasteiger partial charge in [-0.05, 0) is 32.0 Å². The van der Waals surface area contributed by atoms with Crippen molar-refractivity contribution < 1.29 is 13.2 Å². The third kappa shape index (κ3) is 5.81. The molecule has 1 aromatic carbocycles. The molecule has 0 amide bonds. The number of hydrogen-bond donors (Lipinski definition) is 2. The fraction of sp³-hybridized carbons (Fsp3) is 0.462. The van der Waals surface area contributed by atoms with Gasteiger partial charge in [0, 0.05) is 11.9 Å². The molecule has 0 aliphatic rings. The zero-order valence-corrected chi connectivity index (χ0v) is 16.8. The third-order valence-corrected chi connectivity index (χ3v) is 5.49. The average Bonchev–Trinajstić information content (AvgIpc) is 2.35. The molecule has 0 heterocycles. The fourth-order valence-electron chi connectivity index (χ4n) is 1.32. The second-order valence-electron chi connectivity index (χ2n) is 5.21. The minimum atomic E-state index is -3.21. The van der Waals surface area contributed by atoms with Gasteiger partial charge < -0.3 is 15.8 Å². The Morgan fingerprint density at radius 1 is 1.45 bits per heavy atom. The Bertz CT molecular complexity index is 648. The highest BCUT2D eigenvalue weighted by Gasteiger charge is 2.29. The zero-order chi connectivity index (χ0) is 16.3. The number of rotatable bonds is 5. The van der Waals surface area contributed by atoms with Crippen molar-refractivity contribution in [3.8, 4) is 5.75 Å². The van der Waals surface area contributed by atoms with Crippen LogP contribution in [0.3, 0.4) is 0 Å². The van der Waals surface area contributed by atoms with Crippen molar-refractivity contribution in [2.24, 2.45) is 10.7 Å². The van der Waals surface area contributed by atoms with Gasteiger partial charge in [0.2, 0.25) is 0 Å². The average molecular weight is 462 g/mol. The lowest BCUT2D eigenvalue weighted by atomic mass is 10.2. The molecule has 6 nitrogen and oxygen atoms in total. The standard InChI is InChI=1S/C13H20ClN3O3S.HI/c1-13(2,21(4,18)19)8-16-12(15)17-9-5-6-11(20-3)10(14)7-9;/h5-7H,8H2,1-4H3,(H3,15,16,17);1H. The summed E-state index contributed by atoms with van der Waals surface area (Å²) in [6, 6.07) is 5.07. The molecule has 3 N–H and O–H groups in total. The van der Waals surface area contributed by atoms with Gasteiger partial charge in [-0.1, -0.05) is 11.6 Å². The number of nitrogens with zero attached hydrogens (tertiary/aromatic N) is 1. The number of methoxy groups -OCH3 is 1. The summed E-state index contributed by atoms with van der Waals surface area (Å²) < 4.78 is 27.2. The molecule has 0 aromatic heterocycles. The summed E-state index contributed by atoms with van der Waals surface area (Å²) in [6.45, 7) is 3.27. The van der Waals surface area contributed by atoms with E-state index in [1.54, 1.807) is 32.0 Å². The summed E-state index contributed by atoms with van der Waals surface area (Å²) in [4.78, 5) is 4.06. The van der Waals surface area contributed by atoms with Crippen molar-refractivity contribution in [1.29, 1.82) is 0 Å². The van der Waals surface area contributed by atoms with Crippen LogP contribution < -0.4 is 15.8 Å². The van der Waals surface area contributed by atoms with E-state index in [4.69, 9.17) is 22.1 Å². The number of sulfone groups is 1. The summed E-state index contributed by atoms with van der Waals surface area (Å²) >= 11 is 6.00. The van der Waals surface area contributed by atoms with E-state index in [2.05, 4.69) is 10.3 Å². The number of nitrogens with one attached hydrogen (secondary N) is 1. The maximum absolute atomic E-state index is 11.6. The van der Waals surface area contributed by atoms with E-state index in [0.717, 1.165) is 0 Å². The van der Waals surface area contributed by atoms with Crippen LogP contribution in [0.1, 0.15) is 13.8 Å². The molecule has 0 spiro atoms. The number of nitrogens with two attached hydrogens (primary N) is 1. The maximum Gasteiger partial charge on any atom is 0.193 e. The Morgan fingerprint density at radius 2 is 2.05 bits per heavy atom. The van der Waals surface area contributed by atoms with Crippen LogP contribution in [0.15, 0.2) is 23.2 Å². The fourth-order valence-corrected chi connectivity index (χ4v) is 1.88. The van der Waals surface area contributed by atoms with Crippen molar-refractivity contribution in [2.75, 3.05) is 25.2 Å². The highest BCUT2D eigenvalue weighted by molar-refractivity contribution is 14.0. The van der Waals surface area contributed by atoms with Crippen LogP contribution in [0.2, 0.25) is 5.02 Å². The molecule has 9 heteroatoms. The molecule has 0 aliphatic carbocycles. The summed E-state index contributed by atoms with van der Waals surface area (Å²) in [5.74, 6) is 0.670. The van der Waals surface area contributed by atoms with Crippen LogP contribution in [0.4, 0.5) is 5.69 Å². The largest absolute Gasteiger partial charge is 0.495 e. The second kappa shape index (κ2) is 8.21. The van der Waals surface area contributed by atoms with Crippen molar-refractivity contribution in [1.82, 2.24) is 0 Å². The van der Waals surface area contributed by atoms with E-state index in [0.29, 0.717) is 16.5 Å². The van der Waals surface area contributed by atoms with Gasteiger partial charge in [-0.25, -0.2) is 8.42 Å². The first-order valence-corrected chi connectivity index (χ1v) is 8.44. The maximum atomic E-state index is 11.6. The van der Waals surface area contributed by atoms with Crippen molar-refractivity contribution >= 4 is 57.1 Å². The first kappa shape index (κ1) is 21.3. The Hall–Kier alpha value is -0.740. The van der Waals surface area contributed by atoms with Gasteiger partial charge in [0.1, 0.15) is 5.75 Å². The van der Waals surface area contributed by atoms with Crippen molar-refractivity contribution in [3.05, 3.63) is 23.2 Å². The molecule has 22 heavy (non-hydrogen) atoms. The number of ether oxygens (including phenoxy) is 1. The van der Waals surface area contributed by atoms with E-state index in [-0.39, 0.29) is 36.5 Å². The number of hydrogen-bond acceptors (Lipinski definition) is 4. The lowest BCUT2D eigenvalue weighted by Crippen LogP contribution is -2.36. The van der Waals surface area contributed by atoms with E-state index in [9.17, 15) is 8.42 Å². The van der Waals surface area contributed by atoms with Crippen LogP contribution in [0.5, 0.6) is 5.75 Å².